The van der Waals surface area contributed by atoms with Crippen LogP contribution in [-0.4, -0.2) is 32.2 Å². The number of ether oxygens (including phenoxy) is 3. The zero-order valence-electron chi connectivity index (χ0n) is 18.7. The highest BCUT2D eigenvalue weighted by atomic mass is 16.5. The first-order valence-electron chi connectivity index (χ1n) is 10.9. The third-order valence-corrected chi connectivity index (χ3v) is 4.80. The number of aryl methyl sites for hydroxylation is 1. The van der Waals surface area contributed by atoms with Crippen molar-refractivity contribution in [2.75, 3.05) is 25.6 Å². The molecule has 0 saturated heterocycles. The van der Waals surface area contributed by atoms with E-state index in [9.17, 15) is 9.59 Å². The Labute approximate surface area is 184 Å². The number of carbonyl (C=O) groups is 2. The lowest BCUT2D eigenvalue weighted by Gasteiger charge is -2.11. The molecule has 0 radical (unpaired) electrons. The van der Waals surface area contributed by atoms with Gasteiger partial charge in [0, 0.05) is 12.1 Å². The number of rotatable bonds is 13. The van der Waals surface area contributed by atoms with Gasteiger partial charge in [0.25, 0.3) is 0 Å². The third-order valence-electron chi connectivity index (χ3n) is 4.80. The lowest BCUT2D eigenvalue weighted by Crippen LogP contribution is -2.13. The summed E-state index contributed by atoms with van der Waals surface area (Å²) in [6.45, 7) is 5.06. The van der Waals surface area contributed by atoms with Crippen LogP contribution in [0.2, 0.25) is 0 Å². The van der Waals surface area contributed by atoms with Crippen molar-refractivity contribution in [3.63, 3.8) is 0 Å². The minimum absolute atomic E-state index is 0.0981. The molecule has 0 spiro atoms. The molecule has 2 aromatic rings. The average Bonchev–Trinajstić information content (AvgIpc) is 2.78. The Balaban J connectivity index is 1.80. The number of nitrogens with one attached hydrogen (secondary N) is 1. The first-order valence-corrected chi connectivity index (χ1v) is 10.9. The van der Waals surface area contributed by atoms with Gasteiger partial charge in [0.05, 0.1) is 25.9 Å². The molecule has 1 N–H and O–H groups in total. The van der Waals surface area contributed by atoms with Crippen LogP contribution in [-0.2, 0) is 16.0 Å². The predicted molar refractivity (Wildman–Crippen MR) is 122 cm³/mol. The summed E-state index contributed by atoms with van der Waals surface area (Å²) >= 11 is 0. The summed E-state index contributed by atoms with van der Waals surface area (Å²) in [5.41, 5.74) is 2.12. The Bertz CT molecular complexity index is 832. The summed E-state index contributed by atoms with van der Waals surface area (Å²) < 4.78 is 16.1. The molecule has 1 amide bonds. The van der Waals surface area contributed by atoms with Gasteiger partial charge in [-0.05, 0) is 61.7 Å². The first kappa shape index (κ1) is 24.3. The van der Waals surface area contributed by atoms with Crippen molar-refractivity contribution in [3.05, 3.63) is 53.6 Å². The van der Waals surface area contributed by atoms with Crippen molar-refractivity contribution in [1.82, 2.24) is 0 Å². The lowest BCUT2D eigenvalue weighted by molar-refractivity contribution is -0.116. The number of benzene rings is 2. The molecule has 0 aromatic heterocycles. The number of esters is 1. The van der Waals surface area contributed by atoms with Crippen LogP contribution >= 0.6 is 0 Å². The molecule has 2 rings (SSSR count). The van der Waals surface area contributed by atoms with Gasteiger partial charge < -0.3 is 19.5 Å². The van der Waals surface area contributed by atoms with Gasteiger partial charge in [-0.2, -0.15) is 0 Å². The molecular formula is C25H33NO5. The Hall–Kier alpha value is -3.02. The van der Waals surface area contributed by atoms with Gasteiger partial charge in [-0.1, -0.05) is 32.3 Å². The van der Waals surface area contributed by atoms with Gasteiger partial charge >= 0.3 is 5.97 Å². The minimum atomic E-state index is -0.334. The van der Waals surface area contributed by atoms with E-state index in [0.717, 1.165) is 31.2 Å². The van der Waals surface area contributed by atoms with Crippen molar-refractivity contribution in [2.45, 2.75) is 52.4 Å². The molecular weight excluding hydrogens is 394 g/mol. The number of amides is 1. The summed E-state index contributed by atoms with van der Waals surface area (Å²) in [5, 5.41) is 2.86. The number of anilines is 1. The standard InChI is InChI=1S/C25H33NO5/c1-4-6-7-8-17-31-25(28)20-11-13-21(14-12-20)26-24(27)16-10-19-9-15-22(30-5-2)23(18-19)29-3/h9,11-15,18H,4-8,10,16-17H2,1-3H3,(H,26,27). The molecule has 0 fully saturated rings. The fourth-order valence-electron chi connectivity index (χ4n) is 3.09. The van der Waals surface area contributed by atoms with Crippen LogP contribution in [0.5, 0.6) is 11.5 Å². The van der Waals surface area contributed by atoms with Crippen molar-refractivity contribution in [1.29, 1.82) is 0 Å². The van der Waals surface area contributed by atoms with Crippen LogP contribution in [0.1, 0.15) is 61.9 Å². The second kappa shape index (κ2) is 13.3. The van der Waals surface area contributed by atoms with Crippen LogP contribution in [0, 0.1) is 0 Å². The van der Waals surface area contributed by atoms with Gasteiger partial charge in [0.1, 0.15) is 0 Å². The fourth-order valence-corrected chi connectivity index (χ4v) is 3.09. The van der Waals surface area contributed by atoms with Crippen LogP contribution in [0.3, 0.4) is 0 Å². The van der Waals surface area contributed by atoms with Gasteiger partial charge in [-0.25, -0.2) is 4.79 Å². The molecule has 0 aliphatic rings. The van der Waals surface area contributed by atoms with Crippen molar-refractivity contribution >= 4 is 17.6 Å². The van der Waals surface area contributed by atoms with E-state index in [1.165, 1.54) is 0 Å². The molecule has 0 atom stereocenters. The maximum Gasteiger partial charge on any atom is 0.338 e. The van der Waals surface area contributed by atoms with E-state index in [1.807, 2.05) is 25.1 Å². The van der Waals surface area contributed by atoms with E-state index in [-0.39, 0.29) is 11.9 Å². The van der Waals surface area contributed by atoms with E-state index < -0.39 is 0 Å². The molecule has 168 valence electrons. The second-order valence-corrected chi connectivity index (χ2v) is 7.24. The summed E-state index contributed by atoms with van der Waals surface area (Å²) in [4.78, 5) is 24.4. The van der Waals surface area contributed by atoms with Crippen molar-refractivity contribution < 1.29 is 23.8 Å². The van der Waals surface area contributed by atoms with Crippen LogP contribution in [0.4, 0.5) is 5.69 Å². The van der Waals surface area contributed by atoms with E-state index in [4.69, 9.17) is 14.2 Å². The highest BCUT2D eigenvalue weighted by Gasteiger charge is 2.10. The predicted octanol–water partition coefficient (Wildman–Crippen LogP) is 5.40. The highest BCUT2D eigenvalue weighted by Crippen LogP contribution is 2.28. The maximum absolute atomic E-state index is 12.3. The van der Waals surface area contributed by atoms with E-state index in [1.54, 1.807) is 31.4 Å². The van der Waals surface area contributed by atoms with E-state index in [2.05, 4.69) is 12.2 Å². The Morgan fingerprint density at radius 2 is 1.71 bits per heavy atom. The van der Waals surface area contributed by atoms with Gasteiger partial charge in [-0.3, -0.25) is 4.79 Å². The minimum Gasteiger partial charge on any atom is -0.493 e. The van der Waals surface area contributed by atoms with Gasteiger partial charge in [0.2, 0.25) is 5.91 Å². The maximum atomic E-state index is 12.3. The SMILES string of the molecule is CCCCCCOC(=O)c1ccc(NC(=O)CCc2ccc(OCC)c(OC)c2)cc1. The molecule has 6 heteroatoms. The van der Waals surface area contributed by atoms with Gasteiger partial charge in [-0.15, -0.1) is 0 Å². The molecule has 0 unspecified atom stereocenters. The van der Waals surface area contributed by atoms with Crippen LogP contribution < -0.4 is 14.8 Å². The van der Waals surface area contributed by atoms with E-state index >= 15 is 0 Å². The summed E-state index contributed by atoms with van der Waals surface area (Å²) in [6, 6.07) is 12.4. The number of methoxy groups -OCH3 is 1. The Morgan fingerprint density at radius 3 is 2.39 bits per heavy atom. The van der Waals surface area contributed by atoms with Crippen LogP contribution in [0.15, 0.2) is 42.5 Å². The zero-order chi connectivity index (χ0) is 22.5. The number of hydrogen-bond donors (Lipinski definition) is 1. The normalized spacial score (nSPS) is 10.4. The number of carbonyl (C=O) groups excluding carboxylic acids is 2. The largest absolute Gasteiger partial charge is 0.493 e. The van der Waals surface area contributed by atoms with E-state index in [0.29, 0.717) is 48.8 Å². The lowest BCUT2D eigenvalue weighted by atomic mass is 10.1. The number of unbranched alkanes of at least 4 members (excludes halogenated alkanes) is 3. The molecule has 2 aromatic carbocycles. The second-order valence-electron chi connectivity index (χ2n) is 7.24. The molecule has 0 bridgehead atoms. The molecule has 31 heavy (non-hydrogen) atoms. The Morgan fingerprint density at radius 1 is 0.935 bits per heavy atom. The topological polar surface area (TPSA) is 73.9 Å². The third kappa shape index (κ3) is 8.32. The molecule has 0 aliphatic carbocycles. The Kier molecular flexibility index (Phi) is 10.4. The molecule has 0 saturated carbocycles. The highest BCUT2D eigenvalue weighted by molar-refractivity contribution is 5.93. The molecule has 6 nitrogen and oxygen atoms in total. The fraction of sp³-hybridized carbons (Fsp3) is 0.440. The van der Waals surface area contributed by atoms with Gasteiger partial charge in [0.15, 0.2) is 11.5 Å². The summed E-state index contributed by atoms with van der Waals surface area (Å²) in [6.07, 6.45) is 5.16. The van der Waals surface area contributed by atoms with Crippen LogP contribution in [0.25, 0.3) is 0 Å². The quantitative estimate of drug-likeness (QED) is 0.342. The monoisotopic (exact) mass is 427 g/mol. The average molecular weight is 428 g/mol. The summed E-state index contributed by atoms with van der Waals surface area (Å²) in [7, 11) is 1.60. The first-order chi connectivity index (χ1) is 15.1. The zero-order valence-corrected chi connectivity index (χ0v) is 18.7. The van der Waals surface area contributed by atoms with Crippen molar-refractivity contribution in [3.8, 4) is 11.5 Å². The smallest absolute Gasteiger partial charge is 0.338 e. The number of hydrogen-bond acceptors (Lipinski definition) is 5. The molecule has 0 heterocycles. The molecule has 0 aliphatic heterocycles. The summed E-state index contributed by atoms with van der Waals surface area (Å²) in [5.74, 6) is 0.920. The van der Waals surface area contributed by atoms with Crippen molar-refractivity contribution in [2.24, 2.45) is 0 Å².